The molecule has 1 aromatic carbocycles. The zero-order valence-electron chi connectivity index (χ0n) is 13.2. The highest BCUT2D eigenvalue weighted by Crippen LogP contribution is 2.31. The van der Waals surface area contributed by atoms with E-state index >= 15 is 0 Å². The van der Waals surface area contributed by atoms with Crippen LogP contribution in [-0.4, -0.2) is 37.2 Å². The molecule has 0 unspecified atom stereocenters. The summed E-state index contributed by atoms with van der Waals surface area (Å²) >= 11 is 0. The second-order valence-electron chi connectivity index (χ2n) is 6.64. The predicted octanol–water partition coefficient (Wildman–Crippen LogP) is 3.19. The highest BCUT2D eigenvalue weighted by molar-refractivity contribution is 5.33. The van der Waals surface area contributed by atoms with Gasteiger partial charge in [-0.05, 0) is 38.4 Å². The van der Waals surface area contributed by atoms with Crippen molar-refractivity contribution in [2.24, 2.45) is 0 Å². The first kappa shape index (κ1) is 14.9. The number of hydrogen-bond acceptors (Lipinski definition) is 3. The Morgan fingerprint density at radius 2 is 1.95 bits per heavy atom. The zero-order valence-corrected chi connectivity index (χ0v) is 13.2. The van der Waals surface area contributed by atoms with Gasteiger partial charge in [0.05, 0.1) is 7.11 Å². The van der Waals surface area contributed by atoms with E-state index in [2.05, 4.69) is 34.5 Å². The van der Waals surface area contributed by atoms with Crippen LogP contribution in [0.2, 0.25) is 0 Å². The first-order chi connectivity index (χ1) is 10.3. The molecule has 1 saturated heterocycles. The molecule has 1 aliphatic carbocycles. The molecular formula is C18H28N2O. The number of benzene rings is 1. The minimum Gasteiger partial charge on any atom is -0.496 e. The summed E-state index contributed by atoms with van der Waals surface area (Å²) in [5, 5.41) is 3.87. The highest BCUT2D eigenvalue weighted by atomic mass is 16.5. The van der Waals surface area contributed by atoms with Crippen molar-refractivity contribution < 1.29 is 4.74 Å². The standard InChI is InChI=1S/C18H28N2O/c1-21-17-9-4-3-8-16(17)14-20-13-7-12-19-18(15-20)10-5-2-6-11-18/h3-4,8-9,19H,2,5-7,10-15H2,1H3. The van der Waals surface area contributed by atoms with Gasteiger partial charge >= 0.3 is 0 Å². The highest BCUT2D eigenvalue weighted by Gasteiger charge is 2.34. The topological polar surface area (TPSA) is 24.5 Å². The van der Waals surface area contributed by atoms with E-state index in [0.29, 0.717) is 5.54 Å². The Labute approximate surface area is 128 Å². The van der Waals surface area contributed by atoms with Gasteiger partial charge in [0.25, 0.3) is 0 Å². The number of nitrogens with zero attached hydrogens (tertiary/aromatic N) is 1. The van der Waals surface area contributed by atoms with Gasteiger partial charge in [-0.15, -0.1) is 0 Å². The molecule has 1 aromatic rings. The molecule has 2 aliphatic rings. The van der Waals surface area contributed by atoms with Gasteiger partial charge < -0.3 is 10.1 Å². The monoisotopic (exact) mass is 288 g/mol. The van der Waals surface area contributed by atoms with Crippen molar-refractivity contribution in [2.75, 3.05) is 26.7 Å². The third-order valence-corrected chi connectivity index (χ3v) is 5.07. The van der Waals surface area contributed by atoms with Crippen molar-refractivity contribution >= 4 is 0 Å². The van der Waals surface area contributed by atoms with Crippen LogP contribution in [0.5, 0.6) is 5.75 Å². The molecule has 3 nitrogen and oxygen atoms in total. The molecule has 1 saturated carbocycles. The largest absolute Gasteiger partial charge is 0.496 e. The van der Waals surface area contributed by atoms with Gasteiger partial charge in [0.2, 0.25) is 0 Å². The van der Waals surface area contributed by atoms with Gasteiger partial charge in [0.15, 0.2) is 0 Å². The van der Waals surface area contributed by atoms with Crippen LogP contribution < -0.4 is 10.1 Å². The summed E-state index contributed by atoms with van der Waals surface area (Å²) in [4.78, 5) is 2.63. The van der Waals surface area contributed by atoms with E-state index in [1.165, 1.54) is 63.7 Å². The van der Waals surface area contributed by atoms with Crippen molar-refractivity contribution in [1.29, 1.82) is 0 Å². The zero-order chi connectivity index (χ0) is 14.5. The normalized spacial score (nSPS) is 22.9. The molecule has 21 heavy (non-hydrogen) atoms. The van der Waals surface area contributed by atoms with Crippen LogP contribution in [0.1, 0.15) is 44.1 Å². The fourth-order valence-electron chi connectivity index (χ4n) is 3.99. The lowest BCUT2D eigenvalue weighted by molar-refractivity contribution is 0.158. The van der Waals surface area contributed by atoms with Gasteiger partial charge in [-0.1, -0.05) is 37.5 Å². The van der Waals surface area contributed by atoms with Crippen LogP contribution in [0.3, 0.4) is 0 Å². The Kier molecular flexibility index (Phi) is 4.81. The maximum Gasteiger partial charge on any atom is 0.123 e. The van der Waals surface area contributed by atoms with Crippen molar-refractivity contribution in [3.63, 3.8) is 0 Å². The molecule has 3 heteroatoms. The Bertz CT molecular complexity index is 454. The molecule has 1 N–H and O–H groups in total. The summed E-state index contributed by atoms with van der Waals surface area (Å²) in [6.07, 6.45) is 8.11. The van der Waals surface area contributed by atoms with Gasteiger partial charge in [-0.25, -0.2) is 0 Å². The van der Waals surface area contributed by atoms with Crippen molar-refractivity contribution in [2.45, 2.75) is 50.6 Å². The van der Waals surface area contributed by atoms with Gasteiger partial charge in [0, 0.05) is 24.2 Å². The average molecular weight is 288 g/mol. The van der Waals surface area contributed by atoms with E-state index in [-0.39, 0.29) is 0 Å². The minimum atomic E-state index is 0.372. The van der Waals surface area contributed by atoms with Gasteiger partial charge in [-0.3, -0.25) is 4.90 Å². The second-order valence-corrected chi connectivity index (χ2v) is 6.64. The number of methoxy groups -OCH3 is 1. The molecule has 1 spiro atoms. The molecule has 0 atom stereocenters. The van der Waals surface area contributed by atoms with Crippen molar-refractivity contribution in [3.8, 4) is 5.75 Å². The summed E-state index contributed by atoms with van der Waals surface area (Å²) in [5.41, 5.74) is 1.68. The number of para-hydroxylation sites is 1. The molecule has 2 fully saturated rings. The van der Waals surface area contributed by atoms with Gasteiger partial charge in [-0.2, -0.15) is 0 Å². The Hall–Kier alpha value is -1.06. The SMILES string of the molecule is COc1ccccc1CN1CCCNC2(CCCCC2)C1. The summed E-state index contributed by atoms with van der Waals surface area (Å²) in [5.74, 6) is 1.02. The number of ether oxygens (including phenoxy) is 1. The lowest BCUT2D eigenvalue weighted by Crippen LogP contribution is -2.52. The van der Waals surface area contributed by atoms with Crippen LogP contribution in [0.25, 0.3) is 0 Å². The first-order valence-electron chi connectivity index (χ1n) is 8.41. The van der Waals surface area contributed by atoms with Crippen LogP contribution in [0, 0.1) is 0 Å². The van der Waals surface area contributed by atoms with E-state index in [1.54, 1.807) is 7.11 Å². The van der Waals surface area contributed by atoms with E-state index in [1.807, 2.05) is 0 Å². The molecular weight excluding hydrogens is 260 g/mol. The summed E-state index contributed by atoms with van der Waals surface area (Å²) < 4.78 is 5.51. The maximum atomic E-state index is 5.51. The fourth-order valence-corrected chi connectivity index (χ4v) is 3.99. The number of nitrogens with one attached hydrogen (secondary N) is 1. The minimum absolute atomic E-state index is 0.372. The van der Waals surface area contributed by atoms with Crippen molar-refractivity contribution in [3.05, 3.63) is 29.8 Å². The Balaban J connectivity index is 1.71. The smallest absolute Gasteiger partial charge is 0.123 e. The predicted molar refractivity (Wildman–Crippen MR) is 86.7 cm³/mol. The van der Waals surface area contributed by atoms with E-state index < -0.39 is 0 Å². The summed E-state index contributed by atoms with van der Waals surface area (Å²) in [6, 6.07) is 8.44. The van der Waals surface area contributed by atoms with Crippen LogP contribution in [0.4, 0.5) is 0 Å². The van der Waals surface area contributed by atoms with E-state index in [4.69, 9.17) is 4.74 Å². The molecule has 0 radical (unpaired) electrons. The third kappa shape index (κ3) is 3.58. The van der Waals surface area contributed by atoms with Gasteiger partial charge in [0.1, 0.15) is 5.75 Å². The molecule has 1 aliphatic heterocycles. The van der Waals surface area contributed by atoms with E-state index in [0.717, 1.165) is 12.3 Å². The molecule has 0 bridgehead atoms. The first-order valence-corrected chi connectivity index (χ1v) is 8.41. The fraction of sp³-hybridized carbons (Fsp3) is 0.667. The second kappa shape index (κ2) is 6.80. The molecule has 1 heterocycles. The number of rotatable bonds is 3. The molecule has 0 amide bonds. The van der Waals surface area contributed by atoms with Crippen LogP contribution in [0.15, 0.2) is 24.3 Å². The average Bonchev–Trinajstić information content (AvgIpc) is 2.71. The lowest BCUT2D eigenvalue weighted by Gasteiger charge is -2.40. The Morgan fingerprint density at radius 1 is 1.14 bits per heavy atom. The third-order valence-electron chi connectivity index (χ3n) is 5.07. The number of hydrogen-bond donors (Lipinski definition) is 1. The van der Waals surface area contributed by atoms with E-state index in [9.17, 15) is 0 Å². The Morgan fingerprint density at radius 3 is 2.76 bits per heavy atom. The van der Waals surface area contributed by atoms with Crippen molar-refractivity contribution in [1.82, 2.24) is 10.2 Å². The van der Waals surface area contributed by atoms with Crippen LogP contribution >= 0.6 is 0 Å². The summed E-state index contributed by atoms with van der Waals surface area (Å²) in [7, 11) is 1.77. The lowest BCUT2D eigenvalue weighted by atomic mass is 9.81. The maximum absolute atomic E-state index is 5.51. The molecule has 0 aromatic heterocycles. The molecule has 3 rings (SSSR count). The van der Waals surface area contributed by atoms with Crippen LogP contribution in [-0.2, 0) is 6.54 Å². The quantitative estimate of drug-likeness (QED) is 0.924. The molecule has 116 valence electrons. The summed E-state index contributed by atoms with van der Waals surface area (Å²) in [6.45, 7) is 4.55.